The number of ether oxygens (including phenoxy) is 3. The molecule has 144 valence electrons. The molecule has 1 aromatic rings. The molecular weight excluding hydrogens is 366 g/mol. The molecule has 0 aliphatic carbocycles. The summed E-state index contributed by atoms with van der Waals surface area (Å²) >= 11 is 1.58. The summed E-state index contributed by atoms with van der Waals surface area (Å²) in [5.41, 5.74) is 7.73. The van der Waals surface area contributed by atoms with Crippen LogP contribution in [0.1, 0.15) is 28.2 Å². The van der Waals surface area contributed by atoms with Crippen LogP contribution in [0, 0.1) is 18.3 Å². The zero-order valence-electron chi connectivity index (χ0n) is 15.8. The van der Waals surface area contributed by atoms with E-state index in [1.54, 1.807) is 18.3 Å². The Hall–Kier alpha value is -2.34. The lowest BCUT2D eigenvalue weighted by Gasteiger charge is -2.25. The van der Waals surface area contributed by atoms with Gasteiger partial charge in [0.05, 0.1) is 31.8 Å². The van der Waals surface area contributed by atoms with Crippen molar-refractivity contribution in [3.8, 4) is 6.07 Å². The molecule has 0 saturated carbocycles. The summed E-state index contributed by atoms with van der Waals surface area (Å²) in [6.07, 6.45) is 0. The smallest absolute Gasteiger partial charge is 0.338 e. The number of quaternary nitrogens is 1. The predicted molar refractivity (Wildman–Crippen MR) is 99.6 cm³/mol. The molecule has 0 amide bonds. The van der Waals surface area contributed by atoms with Gasteiger partial charge in [-0.25, -0.2) is 4.79 Å². The highest BCUT2D eigenvalue weighted by Gasteiger charge is 2.37. The van der Waals surface area contributed by atoms with E-state index in [2.05, 4.69) is 19.1 Å². The summed E-state index contributed by atoms with van der Waals surface area (Å²) < 4.78 is 15.8. The van der Waals surface area contributed by atoms with Gasteiger partial charge in [0.1, 0.15) is 37.0 Å². The molecule has 0 radical (unpaired) electrons. The van der Waals surface area contributed by atoms with Crippen molar-refractivity contribution in [1.29, 1.82) is 5.26 Å². The van der Waals surface area contributed by atoms with Crippen LogP contribution in [0.4, 0.5) is 0 Å². The number of thiophene rings is 1. The third-order valence-corrected chi connectivity index (χ3v) is 6.13. The van der Waals surface area contributed by atoms with Crippen LogP contribution >= 0.6 is 11.3 Å². The highest BCUT2D eigenvalue weighted by molar-refractivity contribution is 7.12. The Bertz CT molecular complexity index is 844. The van der Waals surface area contributed by atoms with Gasteiger partial charge in [0.2, 0.25) is 5.88 Å². The first-order valence-corrected chi connectivity index (χ1v) is 9.65. The summed E-state index contributed by atoms with van der Waals surface area (Å²) in [5.74, 6) is -0.661. The zero-order valence-corrected chi connectivity index (χ0v) is 16.6. The van der Waals surface area contributed by atoms with Crippen LogP contribution in [-0.4, -0.2) is 39.4 Å². The number of nitrogens with one attached hydrogen (secondary N) is 1. The van der Waals surface area contributed by atoms with E-state index in [0.717, 1.165) is 37.7 Å². The van der Waals surface area contributed by atoms with E-state index in [4.69, 9.17) is 19.9 Å². The van der Waals surface area contributed by atoms with E-state index in [0.29, 0.717) is 11.3 Å². The minimum Gasteiger partial charge on any atom is -0.466 e. The van der Waals surface area contributed by atoms with Gasteiger partial charge >= 0.3 is 5.97 Å². The van der Waals surface area contributed by atoms with Crippen LogP contribution in [0.2, 0.25) is 0 Å². The average molecular weight is 390 g/mol. The Kier molecular flexibility index (Phi) is 5.85. The minimum atomic E-state index is -0.562. The topological polar surface area (TPSA) is 99.0 Å². The van der Waals surface area contributed by atoms with Gasteiger partial charge < -0.3 is 24.8 Å². The number of methoxy groups -OCH3 is 1. The van der Waals surface area contributed by atoms with Gasteiger partial charge in [0, 0.05) is 15.3 Å². The molecule has 27 heavy (non-hydrogen) atoms. The van der Waals surface area contributed by atoms with Crippen molar-refractivity contribution in [3.05, 3.63) is 44.2 Å². The molecule has 7 nitrogen and oxygen atoms in total. The second-order valence-corrected chi connectivity index (χ2v) is 7.94. The highest BCUT2D eigenvalue weighted by Crippen LogP contribution is 2.42. The molecule has 1 aromatic heterocycles. The number of morpholine rings is 1. The molecule has 0 bridgehead atoms. The molecule has 1 fully saturated rings. The number of hydrogen-bond donors (Lipinski definition) is 2. The van der Waals surface area contributed by atoms with Crippen molar-refractivity contribution in [2.75, 3.05) is 33.4 Å². The fraction of sp³-hybridized carbons (Fsp3) is 0.474. The maximum atomic E-state index is 12.4. The number of rotatable bonds is 4. The second-order valence-electron chi connectivity index (χ2n) is 6.66. The number of carbonyl (C=O) groups is 1. The minimum absolute atomic E-state index is 0.0408. The lowest BCUT2D eigenvalue weighted by molar-refractivity contribution is -0.921. The SMILES string of the molecule is COC(=O)C1=C(C)OC(N)=C(C#N)[C@@H]1c1cc(C[NH+]2CCOCC2)c(C)s1. The lowest BCUT2D eigenvalue weighted by Crippen LogP contribution is -3.12. The summed E-state index contributed by atoms with van der Waals surface area (Å²) in [6, 6.07) is 4.20. The molecule has 2 aliphatic rings. The third kappa shape index (κ3) is 3.86. The molecule has 3 N–H and O–H groups in total. The Labute approximate surface area is 162 Å². The van der Waals surface area contributed by atoms with Crippen molar-refractivity contribution in [2.24, 2.45) is 5.73 Å². The third-order valence-electron chi connectivity index (χ3n) is 4.98. The molecule has 2 aliphatic heterocycles. The van der Waals surface area contributed by atoms with Crippen LogP contribution in [0.5, 0.6) is 0 Å². The Morgan fingerprint density at radius 1 is 1.44 bits per heavy atom. The Morgan fingerprint density at radius 3 is 2.78 bits per heavy atom. The monoisotopic (exact) mass is 390 g/mol. The maximum Gasteiger partial charge on any atom is 0.338 e. The fourth-order valence-corrected chi connectivity index (χ4v) is 4.68. The summed E-state index contributed by atoms with van der Waals surface area (Å²) in [7, 11) is 1.32. The number of esters is 1. The van der Waals surface area contributed by atoms with E-state index in [9.17, 15) is 10.1 Å². The molecule has 8 heteroatoms. The fourth-order valence-electron chi connectivity index (χ4n) is 3.51. The normalized spacial score (nSPS) is 21.0. The summed E-state index contributed by atoms with van der Waals surface area (Å²) in [5, 5.41) is 9.63. The largest absolute Gasteiger partial charge is 0.466 e. The number of carbonyl (C=O) groups excluding carboxylic acids is 1. The van der Waals surface area contributed by atoms with Crippen molar-refractivity contribution in [3.63, 3.8) is 0 Å². The molecule has 0 unspecified atom stereocenters. The maximum absolute atomic E-state index is 12.4. The second kappa shape index (κ2) is 8.13. The van der Waals surface area contributed by atoms with E-state index in [-0.39, 0.29) is 11.5 Å². The van der Waals surface area contributed by atoms with Gasteiger partial charge in [-0.15, -0.1) is 11.3 Å². The van der Waals surface area contributed by atoms with Crippen molar-refractivity contribution >= 4 is 17.3 Å². The van der Waals surface area contributed by atoms with Crippen molar-refractivity contribution in [2.45, 2.75) is 26.3 Å². The van der Waals surface area contributed by atoms with E-state index in [1.165, 1.54) is 22.5 Å². The van der Waals surface area contributed by atoms with Crippen LogP contribution in [-0.2, 0) is 25.5 Å². The first-order chi connectivity index (χ1) is 13.0. The molecule has 1 atom stereocenters. The van der Waals surface area contributed by atoms with Crippen LogP contribution in [0.25, 0.3) is 0 Å². The number of nitrogens with zero attached hydrogens (tertiary/aromatic N) is 1. The van der Waals surface area contributed by atoms with Gasteiger partial charge in [0.25, 0.3) is 0 Å². The van der Waals surface area contributed by atoms with Crippen LogP contribution in [0.15, 0.2) is 28.9 Å². The van der Waals surface area contributed by atoms with E-state index >= 15 is 0 Å². The van der Waals surface area contributed by atoms with E-state index in [1.807, 2.05) is 0 Å². The van der Waals surface area contributed by atoms with Gasteiger partial charge in [-0.05, 0) is 19.9 Å². The molecule has 3 rings (SSSR count). The van der Waals surface area contributed by atoms with Gasteiger partial charge in [0.15, 0.2) is 0 Å². The van der Waals surface area contributed by atoms with Gasteiger partial charge in [-0.2, -0.15) is 5.26 Å². The molecular formula is C19H24N3O4S+. The number of hydrogen-bond acceptors (Lipinski definition) is 7. The summed E-state index contributed by atoms with van der Waals surface area (Å²) in [6.45, 7) is 8.13. The number of allylic oxidation sites excluding steroid dienone is 2. The Morgan fingerprint density at radius 2 is 2.15 bits per heavy atom. The summed E-state index contributed by atoms with van der Waals surface area (Å²) in [4.78, 5) is 15.9. The first-order valence-electron chi connectivity index (χ1n) is 8.83. The van der Waals surface area contributed by atoms with Crippen molar-refractivity contribution in [1.82, 2.24) is 0 Å². The number of nitrogens with two attached hydrogens (primary N) is 1. The zero-order chi connectivity index (χ0) is 19.6. The quantitative estimate of drug-likeness (QED) is 0.736. The highest BCUT2D eigenvalue weighted by atomic mass is 32.1. The van der Waals surface area contributed by atoms with E-state index < -0.39 is 11.9 Å². The molecule has 1 saturated heterocycles. The lowest BCUT2D eigenvalue weighted by atomic mass is 9.87. The van der Waals surface area contributed by atoms with Crippen LogP contribution in [0.3, 0.4) is 0 Å². The van der Waals surface area contributed by atoms with Crippen molar-refractivity contribution < 1.29 is 23.9 Å². The Balaban J connectivity index is 1.98. The van der Waals surface area contributed by atoms with Gasteiger partial charge in [-0.3, -0.25) is 0 Å². The number of aryl methyl sites for hydroxylation is 1. The number of nitriles is 1. The molecule has 0 spiro atoms. The van der Waals surface area contributed by atoms with Gasteiger partial charge in [-0.1, -0.05) is 0 Å². The standard InChI is InChI=1S/C19H23N3O4S/c1-11-16(19(23)24-3)17(14(9-20)18(21)26-11)15-8-13(12(2)27-15)10-22-4-6-25-7-5-22/h8,17H,4-7,10,21H2,1-3H3/p+1/t17-/m1/s1. The average Bonchev–Trinajstić information content (AvgIpc) is 3.01. The van der Waals surface area contributed by atoms with Crippen LogP contribution < -0.4 is 10.6 Å². The molecule has 0 aromatic carbocycles. The predicted octanol–water partition coefficient (Wildman–Crippen LogP) is 0.726. The first kappa shape index (κ1) is 19.4. The molecule has 3 heterocycles.